The third kappa shape index (κ3) is 2.72. The quantitative estimate of drug-likeness (QED) is 0.609. The van der Waals surface area contributed by atoms with E-state index in [9.17, 15) is 18.8 Å². The third-order valence-corrected chi connectivity index (χ3v) is 3.55. The van der Waals surface area contributed by atoms with Crippen LogP contribution in [0.1, 0.15) is 28.8 Å². The topological polar surface area (TPSA) is 92.5 Å². The largest absolute Gasteiger partial charge is 0.398 e. The zero-order valence-corrected chi connectivity index (χ0v) is 11.6. The number of benzene rings is 1. The van der Waals surface area contributed by atoms with Crippen LogP contribution in [0, 0.1) is 5.82 Å². The fraction of sp³-hybridized carbons (Fsp3) is 0.357. The van der Waals surface area contributed by atoms with Gasteiger partial charge in [-0.15, -0.1) is 0 Å². The molecule has 0 saturated heterocycles. The van der Waals surface area contributed by atoms with Gasteiger partial charge in [-0.1, -0.05) is 0 Å². The van der Waals surface area contributed by atoms with Gasteiger partial charge in [0.1, 0.15) is 18.1 Å². The highest BCUT2D eigenvalue weighted by Crippen LogP contribution is 2.31. The summed E-state index contributed by atoms with van der Waals surface area (Å²) >= 11 is 0. The van der Waals surface area contributed by atoms with Crippen LogP contribution in [0.4, 0.5) is 10.1 Å². The van der Waals surface area contributed by atoms with Crippen molar-refractivity contribution in [3.8, 4) is 0 Å². The number of hydrogen-bond acceptors (Lipinski definition) is 4. The van der Waals surface area contributed by atoms with Crippen molar-refractivity contribution in [1.82, 2.24) is 10.2 Å². The minimum Gasteiger partial charge on any atom is -0.398 e. The molecular weight excluding hydrogens is 277 g/mol. The Kier molecular flexibility index (Phi) is 4.21. The van der Waals surface area contributed by atoms with E-state index in [1.165, 1.54) is 11.9 Å². The van der Waals surface area contributed by atoms with Crippen molar-refractivity contribution in [2.24, 2.45) is 0 Å². The Balaban J connectivity index is 2.33. The average molecular weight is 293 g/mol. The maximum Gasteiger partial charge on any atom is 0.255 e. The van der Waals surface area contributed by atoms with Gasteiger partial charge < -0.3 is 20.7 Å². The van der Waals surface area contributed by atoms with E-state index in [-0.39, 0.29) is 36.5 Å². The Labute approximate surface area is 121 Å². The number of nitrogens with one attached hydrogen (secondary N) is 1. The molecule has 6 nitrogen and oxygen atoms in total. The Bertz CT molecular complexity index is 603. The second-order valence-electron chi connectivity index (χ2n) is 4.83. The standard InChI is InChI=1S/C14H16FN3O3/c1-17-13(20)12(3-2-4-19)18-7-10-9(14(18)21)5-8(15)6-11(10)16/h4-6,12H,2-3,7,16H2,1H3,(H,17,20). The number of fused-ring (bicyclic) bond motifs is 1. The summed E-state index contributed by atoms with van der Waals surface area (Å²) in [5, 5.41) is 2.47. The van der Waals surface area contributed by atoms with Crippen molar-refractivity contribution in [2.75, 3.05) is 12.8 Å². The summed E-state index contributed by atoms with van der Waals surface area (Å²) < 4.78 is 13.4. The molecule has 1 aromatic rings. The Morgan fingerprint density at radius 1 is 1.57 bits per heavy atom. The number of nitrogen functional groups attached to an aromatic ring is 1. The van der Waals surface area contributed by atoms with Crippen LogP contribution in [0.3, 0.4) is 0 Å². The number of hydrogen-bond donors (Lipinski definition) is 2. The number of amides is 2. The lowest BCUT2D eigenvalue weighted by atomic mass is 10.1. The number of nitrogens with zero attached hydrogens (tertiary/aromatic N) is 1. The molecule has 1 atom stereocenters. The fourth-order valence-electron chi connectivity index (χ4n) is 2.49. The Morgan fingerprint density at radius 2 is 2.29 bits per heavy atom. The molecule has 0 aliphatic carbocycles. The molecule has 2 rings (SSSR count). The van der Waals surface area contributed by atoms with Crippen molar-refractivity contribution in [3.05, 3.63) is 29.1 Å². The molecule has 1 unspecified atom stereocenters. The van der Waals surface area contributed by atoms with Gasteiger partial charge in [0, 0.05) is 36.8 Å². The van der Waals surface area contributed by atoms with Crippen LogP contribution < -0.4 is 11.1 Å². The van der Waals surface area contributed by atoms with Crippen LogP contribution in [-0.2, 0) is 16.1 Å². The highest BCUT2D eigenvalue weighted by molar-refractivity contribution is 6.02. The predicted octanol–water partition coefficient (Wildman–Crippen LogP) is 0.457. The van der Waals surface area contributed by atoms with E-state index in [0.29, 0.717) is 11.8 Å². The summed E-state index contributed by atoms with van der Waals surface area (Å²) in [6.45, 7) is 0.136. The summed E-state index contributed by atoms with van der Waals surface area (Å²) in [6.07, 6.45) is 1.06. The van der Waals surface area contributed by atoms with Crippen molar-refractivity contribution in [3.63, 3.8) is 0 Å². The van der Waals surface area contributed by atoms with E-state index in [4.69, 9.17) is 5.73 Å². The minimum atomic E-state index is -0.775. The van der Waals surface area contributed by atoms with Crippen LogP contribution >= 0.6 is 0 Å². The summed E-state index contributed by atoms with van der Waals surface area (Å²) in [4.78, 5) is 36.1. The van der Waals surface area contributed by atoms with E-state index >= 15 is 0 Å². The van der Waals surface area contributed by atoms with Gasteiger partial charge in [0.25, 0.3) is 5.91 Å². The van der Waals surface area contributed by atoms with Crippen LogP contribution in [-0.4, -0.2) is 36.1 Å². The lowest BCUT2D eigenvalue weighted by molar-refractivity contribution is -0.125. The molecule has 0 spiro atoms. The number of aldehydes is 1. The number of carbonyl (C=O) groups excluding carboxylic acids is 3. The van der Waals surface area contributed by atoms with Gasteiger partial charge in [0.2, 0.25) is 5.91 Å². The van der Waals surface area contributed by atoms with E-state index < -0.39 is 17.8 Å². The van der Waals surface area contributed by atoms with Gasteiger partial charge in [-0.05, 0) is 18.6 Å². The second kappa shape index (κ2) is 5.90. The maximum atomic E-state index is 13.4. The maximum absolute atomic E-state index is 13.4. The lowest BCUT2D eigenvalue weighted by Crippen LogP contribution is -2.46. The molecule has 0 saturated carbocycles. The highest BCUT2D eigenvalue weighted by atomic mass is 19.1. The Morgan fingerprint density at radius 3 is 2.90 bits per heavy atom. The number of carbonyl (C=O) groups is 3. The SMILES string of the molecule is CNC(=O)C(CCC=O)N1Cc2c(N)cc(F)cc2C1=O. The molecule has 3 N–H and O–H groups in total. The zero-order chi connectivity index (χ0) is 15.6. The number of nitrogens with two attached hydrogens (primary N) is 1. The molecule has 112 valence electrons. The average Bonchev–Trinajstić information content (AvgIpc) is 2.77. The summed E-state index contributed by atoms with van der Waals surface area (Å²) in [5.74, 6) is -1.40. The monoisotopic (exact) mass is 293 g/mol. The first-order chi connectivity index (χ1) is 9.99. The van der Waals surface area contributed by atoms with Gasteiger partial charge in [-0.25, -0.2) is 4.39 Å². The van der Waals surface area contributed by atoms with Crippen LogP contribution in [0.15, 0.2) is 12.1 Å². The normalized spacial score (nSPS) is 14.8. The first kappa shape index (κ1) is 15.0. The van der Waals surface area contributed by atoms with Crippen molar-refractivity contribution in [2.45, 2.75) is 25.4 Å². The first-order valence-electron chi connectivity index (χ1n) is 6.53. The number of likely N-dealkylation sites (N-methyl/N-ethyl adjacent to an activating group) is 1. The molecule has 0 fully saturated rings. The molecule has 1 aliphatic rings. The number of anilines is 1. The van der Waals surface area contributed by atoms with Gasteiger partial charge in [-0.3, -0.25) is 9.59 Å². The van der Waals surface area contributed by atoms with E-state index in [2.05, 4.69) is 5.32 Å². The van der Waals surface area contributed by atoms with Gasteiger partial charge >= 0.3 is 0 Å². The second-order valence-corrected chi connectivity index (χ2v) is 4.83. The minimum absolute atomic E-state index is 0.136. The summed E-state index contributed by atoms with van der Waals surface area (Å²) in [5.41, 5.74) is 6.61. The molecule has 7 heteroatoms. The van der Waals surface area contributed by atoms with Crippen LogP contribution in [0.25, 0.3) is 0 Å². The van der Waals surface area contributed by atoms with Gasteiger partial charge in [-0.2, -0.15) is 0 Å². The number of rotatable bonds is 5. The fourth-order valence-corrected chi connectivity index (χ4v) is 2.49. The molecule has 0 bridgehead atoms. The highest BCUT2D eigenvalue weighted by Gasteiger charge is 2.37. The van der Waals surface area contributed by atoms with E-state index in [0.717, 1.165) is 12.1 Å². The summed E-state index contributed by atoms with van der Waals surface area (Å²) in [7, 11) is 1.46. The molecule has 1 aromatic carbocycles. The molecule has 1 aliphatic heterocycles. The first-order valence-corrected chi connectivity index (χ1v) is 6.53. The van der Waals surface area contributed by atoms with Gasteiger partial charge in [0.05, 0.1) is 0 Å². The molecule has 21 heavy (non-hydrogen) atoms. The zero-order valence-electron chi connectivity index (χ0n) is 11.6. The predicted molar refractivity (Wildman–Crippen MR) is 73.8 cm³/mol. The lowest BCUT2D eigenvalue weighted by Gasteiger charge is -2.25. The van der Waals surface area contributed by atoms with Gasteiger partial charge in [0.15, 0.2) is 0 Å². The molecule has 1 heterocycles. The molecule has 2 amide bonds. The van der Waals surface area contributed by atoms with Crippen LogP contribution in [0.2, 0.25) is 0 Å². The van der Waals surface area contributed by atoms with Crippen molar-refractivity contribution >= 4 is 23.8 Å². The molecule has 0 radical (unpaired) electrons. The summed E-state index contributed by atoms with van der Waals surface area (Å²) in [6, 6.07) is 1.49. The Hall–Kier alpha value is -2.44. The van der Waals surface area contributed by atoms with E-state index in [1.54, 1.807) is 0 Å². The molecular formula is C14H16FN3O3. The number of halogens is 1. The van der Waals surface area contributed by atoms with Crippen molar-refractivity contribution in [1.29, 1.82) is 0 Å². The molecule has 0 aromatic heterocycles. The van der Waals surface area contributed by atoms with E-state index in [1.807, 2.05) is 0 Å². The smallest absolute Gasteiger partial charge is 0.255 e. The van der Waals surface area contributed by atoms with Crippen molar-refractivity contribution < 1.29 is 18.8 Å². The van der Waals surface area contributed by atoms with Crippen LogP contribution in [0.5, 0.6) is 0 Å². The third-order valence-electron chi connectivity index (χ3n) is 3.55.